The molecule has 0 unspecified atom stereocenters. The maximum absolute atomic E-state index is 12.3. The van der Waals surface area contributed by atoms with E-state index in [1.807, 2.05) is 10.7 Å². The van der Waals surface area contributed by atoms with E-state index in [0.29, 0.717) is 28.3 Å². The standard InChI is InChI=1S/C20H25Cl2N5O2/c1-26(13-20(29)24-14-6-7-16(21)17(22)12-14)11-9-19(28)25-18-8-10-23-27(18)15-4-2-3-5-15/h6-8,10,12,15H,2-5,9,11,13H2,1H3,(H,24,29)(H,25,28). The topological polar surface area (TPSA) is 79.3 Å². The fourth-order valence-electron chi connectivity index (χ4n) is 3.45. The molecule has 9 heteroatoms. The molecule has 156 valence electrons. The molecule has 0 aliphatic heterocycles. The van der Waals surface area contributed by atoms with Crippen molar-refractivity contribution in [2.24, 2.45) is 0 Å². The number of carbonyl (C=O) groups is 2. The second-order valence-corrected chi connectivity index (χ2v) is 8.13. The zero-order valence-electron chi connectivity index (χ0n) is 16.3. The molecule has 3 rings (SSSR count). The molecule has 0 atom stereocenters. The first-order valence-electron chi connectivity index (χ1n) is 9.69. The molecule has 0 spiro atoms. The first-order chi connectivity index (χ1) is 13.9. The molecule has 2 amide bonds. The minimum atomic E-state index is -0.189. The fourth-order valence-corrected chi connectivity index (χ4v) is 3.75. The van der Waals surface area contributed by atoms with Gasteiger partial charge in [0.25, 0.3) is 0 Å². The number of amides is 2. The number of hydrogen-bond acceptors (Lipinski definition) is 4. The molecular weight excluding hydrogens is 413 g/mol. The lowest BCUT2D eigenvalue weighted by atomic mass is 10.2. The average Bonchev–Trinajstić information content (AvgIpc) is 3.34. The molecule has 1 heterocycles. The van der Waals surface area contributed by atoms with Crippen LogP contribution in [-0.2, 0) is 9.59 Å². The van der Waals surface area contributed by atoms with E-state index >= 15 is 0 Å². The monoisotopic (exact) mass is 437 g/mol. The van der Waals surface area contributed by atoms with E-state index in [0.717, 1.165) is 18.7 Å². The van der Waals surface area contributed by atoms with E-state index in [2.05, 4.69) is 15.7 Å². The van der Waals surface area contributed by atoms with Crippen LogP contribution in [0.4, 0.5) is 11.5 Å². The molecule has 29 heavy (non-hydrogen) atoms. The molecule has 0 radical (unpaired) electrons. The van der Waals surface area contributed by atoms with Crippen molar-refractivity contribution in [1.82, 2.24) is 14.7 Å². The van der Waals surface area contributed by atoms with E-state index < -0.39 is 0 Å². The molecule has 0 bridgehead atoms. The Balaban J connectivity index is 1.42. The summed E-state index contributed by atoms with van der Waals surface area (Å²) >= 11 is 11.8. The van der Waals surface area contributed by atoms with Gasteiger partial charge >= 0.3 is 0 Å². The van der Waals surface area contributed by atoms with Crippen LogP contribution < -0.4 is 10.6 Å². The maximum Gasteiger partial charge on any atom is 0.238 e. The second kappa shape index (κ2) is 10.1. The summed E-state index contributed by atoms with van der Waals surface area (Å²) < 4.78 is 1.92. The molecule has 1 fully saturated rings. The van der Waals surface area contributed by atoms with Crippen molar-refractivity contribution >= 4 is 46.5 Å². The van der Waals surface area contributed by atoms with Gasteiger partial charge in [-0.15, -0.1) is 0 Å². The quantitative estimate of drug-likeness (QED) is 0.648. The van der Waals surface area contributed by atoms with Gasteiger partial charge in [0, 0.05) is 24.7 Å². The second-order valence-electron chi connectivity index (χ2n) is 7.31. The maximum atomic E-state index is 12.3. The Labute approximate surface area is 180 Å². The van der Waals surface area contributed by atoms with Crippen molar-refractivity contribution in [3.8, 4) is 0 Å². The number of rotatable bonds is 8. The summed E-state index contributed by atoms with van der Waals surface area (Å²) in [6.07, 6.45) is 6.60. The molecule has 1 aliphatic rings. The predicted molar refractivity (Wildman–Crippen MR) is 116 cm³/mol. The summed E-state index contributed by atoms with van der Waals surface area (Å²) in [6, 6.07) is 7.11. The number of likely N-dealkylation sites (N-methyl/N-ethyl adjacent to an activating group) is 1. The summed E-state index contributed by atoms with van der Waals surface area (Å²) in [6.45, 7) is 0.617. The third-order valence-corrected chi connectivity index (χ3v) is 5.68. The number of carbonyl (C=O) groups excluding carboxylic acids is 2. The lowest BCUT2D eigenvalue weighted by Gasteiger charge is -2.17. The molecule has 1 aromatic carbocycles. The number of anilines is 2. The summed E-state index contributed by atoms with van der Waals surface area (Å²) in [5, 5.41) is 10.9. The highest BCUT2D eigenvalue weighted by atomic mass is 35.5. The van der Waals surface area contributed by atoms with Gasteiger partial charge in [-0.3, -0.25) is 14.5 Å². The Bertz CT molecular complexity index is 864. The molecule has 2 aromatic rings. The molecule has 1 saturated carbocycles. The van der Waals surface area contributed by atoms with E-state index in [1.165, 1.54) is 12.8 Å². The summed E-state index contributed by atoms with van der Waals surface area (Å²) in [7, 11) is 1.80. The van der Waals surface area contributed by atoms with Crippen LogP contribution in [0.1, 0.15) is 38.1 Å². The van der Waals surface area contributed by atoms with Crippen LogP contribution in [-0.4, -0.2) is 46.6 Å². The van der Waals surface area contributed by atoms with E-state index in [1.54, 1.807) is 36.3 Å². The number of nitrogens with one attached hydrogen (secondary N) is 2. The zero-order chi connectivity index (χ0) is 20.8. The van der Waals surface area contributed by atoms with Crippen molar-refractivity contribution in [3.63, 3.8) is 0 Å². The number of benzene rings is 1. The van der Waals surface area contributed by atoms with Crippen molar-refractivity contribution in [1.29, 1.82) is 0 Å². The molecule has 1 aliphatic carbocycles. The van der Waals surface area contributed by atoms with Gasteiger partial charge in [-0.05, 0) is 38.1 Å². The Morgan fingerprint density at radius 3 is 2.62 bits per heavy atom. The van der Waals surface area contributed by atoms with Crippen LogP contribution in [0.15, 0.2) is 30.5 Å². The van der Waals surface area contributed by atoms with Gasteiger partial charge in [0.2, 0.25) is 11.8 Å². The number of hydrogen-bond donors (Lipinski definition) is 2. The Morgan fingerprint density at radius 1 is 1.14 bits per heavy atom. The van der Waals surface area contributed by atoms with Crippen LogP contribution >= 0.6 is 23.2 Å². The van der Waals surface area contributed by atoms with Gasteiger partial charge in [-0.2, -0.15) is 5.10 Å². The van der Waals surface area contributed by atoms with Crippen LogP contribution in [0, 0.1) is 0 Å². The first kappa shape index (κ1) is 21.6. The van der Waals surface area contributed by atoms with Crippen molar-refractivity contribution in [2.75, 3.05) is 30.8 Å². The number of halogens is 2. The number of aromatic nitrogens is 2. The largest absolute Gasteiger partial charge is 0.325 e. The van der Waals surface area contributed by atoms with E-state index in [4.69, 9.17) is 23.2 Å². The summed E-state index contributed by atoms with van der Waals surface area (Å²) in [5.41, 5.74) is 0.579. The van der Waals surface area contributed by atoms with Gasteiger partial charge in [-0.1, -0.05) is 36.0 Å². The summed E-state index contributed by atoms with van der Waals surface area (Å²) in [4.78, 5) is 26.3. The zero-order valence-corrected chi connectivity index (χ0v) is 17.8. The summed E-state index contributed by atoms with van der Waals surface area (Å²) in [5.74, 6) is 0.453. The predicted octanol–water partition coefficient (Wildman–Crippen LogP) is 4.20. The minimum Gasteiger partial charge on any atom is -0.325 e. The van der Waals surface area contributed by atoms with Gasteiger partial charge in [0.15, 0.2) is 0 Å². The van der Waals surface area contributed by atoms with Gasteiger partial charge in [-0.25, -0.2) is 4.68 Å². The van der Waals surface area contributed by atoms with E-state index in [-0.39, 0.29) is 24.8 Å². The number of nitrogens with zero attached hydrogens (tertiary/aromatic N) is 3. The van der Waals surface area contributed by atoms with Crippen molar-refractivity contribution in [3.05, 3.63) is 40.5 Å². The third-order valence-electron chi connectivity index (χ3n) is 4.95. The average molecular weight is 438 g/mol. The van der Waals surface area contributed by atoms with Crippen LogP contribution in [0.25, 0.3) is 0 Å². The Kier molecular flexibility index (Phi) is 7.52. The molecule has 2 N–H and O–H groups in total. The minimum absolute atomic E-state index is 0.0958. The highest BCUT2D eigenvalue weighted by Gasteiger charge is 2.20. The SMILES string of the molecule is CN(CCC(=O)Nc1ccnn1C1CCCC1)CC(=O)Nc1ccc(Cl)c(Cl)c1. The lowest BCUT2D eigenvalue weighted by Crippen LogP contribution is -2.32. The smallest absolute Gasteiger partial charge is 0.238 e. The van der Waals surface area contributed by atoms with Gasteiger partial charge in [0.1, 0.15) is 5.82 Å². The van der Waals surface area contributed by atoms with Crippen LogP contribution in [0.2, 0.25) is 10.0 Å². The fraction of sp³-hybridized carbons (Fsp3) is 0.450. The Hall–Kier alpha value is -2.09. The van der Waals surface area contributed by atoms with E-state index in [9.17, 15) is 9.59 Å². The van der Waals surface area contributed by atoms with Crippen molar-refractivity contribution in [2.45, 2.75) is 38.1 Å². The first-order valence-corrected chi connectivity index (χ1v) is 10.4. The molecule has 7 nitrogen and oxygen atoms in total. The molecular formula is C20H25Cl2N5O2. The highest BCUT2D eigenvalue weighted by Crippen LogP contribution is 2.31. The van der Waals surface area contributed by atoms with Crippen LogP contribution in [0.5, 0.6) is 0 Å². The van der Waals surface area contributed by atoms with Crippen molar-refractivity contribution < 1.29 is 9.59 Å². The van der Waals surface area contributed by atoms with Crippen LogP contribution in [0.3, 0.4) is 0 Å². The van der Waals surface area contributed by atoms with Gasteiger partial charge < -0.3 is 10.6 Å². The third kappa shape index (κ3) is 6.19. The van der Waals surface area contributed by atoms with Gasteiger partial charge in [0.05, 0.1) is 28.8 Å². The normalized spacial score (nSPS) is 14.3. The lowest BCUT2D eigenvalue weighted by molar-refractivity contribution is -0.119. The molecule has 0 saturated heterocycles. The molecule has 1 aromatic heterocycles. The highest BCUT2D eigenvalue weighted by molar-refractivity contribution is 6.42. The Morgan fingerprint density at radius 2 is 1.90 bits per heavy atom.